The number of morpholine rings is 1. The molecule has 0 spiro atoms. The van der Waals surface area contributed by atoms with Crippen LogP contribution in [0.3, 0.4) is 0 Å². The second-order valence-electron chi connectivity index (χ2n) is 5.34. The largest absolute Gasteiger partial charge is 0.379 e. The number of fused-ring (bicyclic) bond motifs is 1. The van der Waals surface area contributed by atoms with Gasteiger partial charge in [-0.2, -0.15) is 0 Å². The second kappa shape index (κ2) is 6.35. The lowest BCUT2D eigenvalue weighted by Gasteiger charge is -2.30. The highest BCUT2D eigenvalue weighted by Gasteiger charge is 2.27. The van der Waals surface area contributed by atoms with Crippen molar-refractivity contribution in [1.29, 1.82) is 0 Å². The van der Waals surface area contributed by atoms with Gasteiger partial charge >= 0.3 is 0 Å². The molecule has 0 saturated carbocycles. The van der Waals surface area contributed by atoms with E-state index in [4.69, 9.17) is 4.74 Å². The van der Waals surface area contributed by atoms with Gasteiger partial charge in [0.05, 0.1) is 25.8 Å². The van der Waals surface area contributed by atoms with Crippen molar-refractivity contribution in [1.82, 2.24) is 10.2 Å². The SMILES string of the molecule is O=C(CN1CCOCC1)C1NCCc2cc(Br)ccc21. The maximum Gasteiger partial charge on any atom is 0.168 e. The van der Waals surface area contributed by atoms with Crippen LogP contribution in [0, 0.1) is 0 Å². The third-order valence-corrected chi connectivity index (χ3v) is 4.46. The average molecular weight is 339 g/mol. The first-order chi connectivity index (χ1) is 9.74. The summed E-state index contributed by atoms with van der Waals surface area (Å²) in [5.41, 5.74) is 2.41. The quantitative estimate of drug-likeness (QED) is 0.907. The molecular formula is C15H19BrN2O2. The summed E-state index contributed by atoms with van der Waals surface area (Å²) in [6.07, 6.45) is 0.982. The van der Waals surface area contributed by atoms with Crippen molar-refractivity contribution in [2.24, 2.45) is 0 Å². The molecule has 20 heavy (non-hydrogen) atoms. The Hall–Kier alpha value is -0.750. The fourth-order valence-electron chi connectivity index (χ4n) is 2.89. The Morgan fingerprint density at radius 1 is 1.40 bits per heavy atom. The first-order valence-corrected chi connectivity index (χ1v) is 7.88. The lowest BCUT2D eigenvalue weighted by atomic mass is 9.92. The Balaban J connectivity index is 1.72. The minimum atomic E-state index is -0.158. The number of rotatable bonds is 3. The molecule has 1 unspecified atom stereocenters. The number of benzene rings is 1. The summed E-state index contributed by atoms with van der Waals surface area (Å²) in [4.78, 5) is 14.7. The van der Waals surface area contributed by atoms with Crippen LogP contribution in [0.4, 0.5) is 0 Å². The molecule has 0 bridgehead atoms. The van der Waals surface area contributed by atoms with Crippen molar-refractivity contribution in [3.63, 3.8) is 0 Å². The molecule has 2 heterocycles. The lowest BCUT2D eigenvalue weighted by Crippen LogP contribution is -2.44. The van der Waals surface area contributed by atoms with E-state index in [0.717, 1.165) is 49.3 Å². The van der Waals surface area contributed by atoms with E-state index in [9.17, 15) is 4.79 Å². The molecular weight excluding hydrogens is 320 g/mol. The molecule has 0 aliphatic carbocycles. The van der Waals surface area contributed by atoms with Crippen molar-refractivity contribution >= 4 is 21.7 Å². The van der Waals surface area contributed by atoms with E-state index in [0.29, 0.717) is 6.54 Å². The zero-order valence-electron chi connectivity index (χ0n) is 11.4. The molecule has 5 heteroatoms. The molecule has 1 aromatic rings. The molecule has 0 amide bonds. The lowest BCUT2D eigenvalue weighted by molar-refractivity contribution is -0.123. The van der Waals surface area contributed by atoms with Crippen LogP contribution in [0.2, 0.25) is 0 Å². The van der Waals surface area contributed by atoms with Crippen molar-refractivity contribution in [3.05, 3.63) is 33.8 Å². The van der Waals surface area contributed by atoms with E-state index in [1.807, 2.05) is 6.07 Å². The predicted octanol–water partition coefficient (Wildman–Crippen LogP) is 1.54. The minimum absolute atomic E-state index is 0.158. The molecule has 1 aromatic carbocycles. The van der Waals surface area contributed by atoms with Crippen LogP contribution < -0.4 is 5.32 Å². The van der Waals surface area contributed by atoms with Crippen molar-refractivity contribution in [2.45, 2.75) is 12.5 Å². The van der Waals surface area contributed by atoms with Gasteiger partial charge in [-0.15, -0.1) is 0 Å². The zero-order chi connectivity index (χ0) is 13.9. The molecule has 2 aliphatic heterocycles. The minimum Gasteiger partial charge on any atom is -0.379 e. The van der Waals surface area contributed by atoms with Gasteiger partial charge in [0.1, 0.15) is 0 Å². The summed E-state index contributed by atoms with van der Waals surface area (Å²) in [5, 5.41) is 3.36. The van der Waals surface area contributed by atoms with E-state index < -0.39 is 0 Å². The number of hydrogen-bond donors (Lipinski definition) is 1. The summed E-state index contributed by atoms with van der Waals surface area (Å²) in [6, 6.07) is 6.05. The summed E-state index contributed by atoms with van der Waals surface area (Å²) in [5.74, 6) is 0.259. The first-order valence-electron chi connectivity index (χ1n) is 7.08. The molecule has 0 radical (unpaired) electrons. The molecule has 0 aromatic heterocycles. The maximum absolute atomic E-state index is 12.6. The Labute approximate surface area is 127 Å². The standard InChI is InChI=1S/C15H19BrN2O2/c16-12-1-2-13-11(9-12)3-4-17-15(13)14(19)10-18-5-7-20-8-6-18/h1-2,9,15,17H,3-8,10H2. The number of ether oxygens (including phenoxy) is 1. The number of halogens is 1. The smallest absolute Gasteiger partial charge is 0.168 e. The highest BCUT2D eigenvalue weighted by molar-refractivity contribution is 9.10. The van der Waals surface area contributed by atoms with Gasteiger partial charge in [-0.1, -0.05) is 22.0 Å². The fourth-order valence-corrected chi connectivity index (χ4v) is 3.30. The third kappa shape index (κ3) is 3.11. The molecule has 4 nitrogen and oxygen atoms in total. The highest BCUT2D eigenvalue weighted by Crippen LogP contribution is 2.26. The molecule has 2 aliphatic rings. The van der Waals surface area contributed by atoms with E-state index in [1.165, 1.54) is 5.56 Å². The number of hydrogen-bond acceptors (Lipinski definition) is 4. The van der Waals surface area contributed by atoms with Crippen LogP contribution in [-0.2, 0) is 16.0 Å². The van der Waals surface area contributed by atoms with Crippen LogP contribution >= 0.6 is 15.9 Å². The molecule has 108 valence electrons. The predicted molar refractivity (Wildman–Crippen MR) is 80.9 cm³/mol. The van der Waals surface area contributed by atoms with Gasteiger partial charge < -0.3 is 10.1 Å². The normalized spacial score (nSPS) is 23.4. The fraction of sp³-hybridized carbons (Fsp3) is 0.533. The van der Waals surface area contributed by atoms with Crippen LogP contribution in [0.25, 0.3) is 0 Å². The van der Waals surface area contributed by atoms with Crippen molar-refractivity contribution < 1.29 is 9.53 Å². The maximum atomic E-state index is 12.6. The Bertz CT molecular complexity index is 501. The van der Waals surface area contributed by atoms with Crippen LogP contribution in [0.15, 0.2) is 22.7 Å². The van der Waals surface area contributed by atoms with E-state index in [1.54, 1.807) is 0 Å². The number of carbonyl (C=O) groups is 1. The van der Waals surface area contributed by atoms with Gasteiger partial charge in [-0.3, -0.25) is 9.69 Å². The number of ketones is 1. The van der Waals surface area contributed by atoms with Gasteiger partial charge in [-0.05, 0) is 29.7 Å². The monoisotopic (exact) mass is 338 g/mol. The topological polar surface area (TPSA) is 41.6 Å². The highest BCUT2D eigenvalue weighted by atomic mass is 79.9. The Morgan fingerprint density at radius 3 is 3.00 bits per heavy atom. The summed E-state index contributed by atoms with van der Waals surface area (Å²) in [7, 11) is 0. The average Bonchev–Trinajstić information content (AvgIpc) is 2.47. The zero-order valence-corrected chi connectivity index (χ0v) is 13.0. The van der Waals surface area contributed by atoms with E-state index >= 15 is 0 Å². The second-order valence-corrected chi connectivity index (χ2v) is 6.25. The van der Waals surface area contributed by atoms with Gasteiger partial charge in [0.15, 0.2) is 5.78 Å². The molecule has 3 rings (SSSR count). The number of carbonyl (C=O) groups excluding carboxylic acids is 1. The molecule has 1 saturated heterocycles. The summed E-state index contributed by atoms with van der Waals surface area (Å²) >= 11 is 3.50. The Morgan fingerprint density at radius 2 is 2.20 bits per heavy atom. The third-order valence-electron chi connectivity index (χ3n) is 3.96. The van der Waals surface area contributed by atoms with Gasteiger partial charge in [0.2, 0.25) is 0 Å². The molecule has 1 atom stereocenters. The van der Waals surface area contributed by atoms with E-state index in [2.05, 4.69) is 38.3 Å². The Kier molecular flexibility index (Phi) is 4.51. The van der Waals surface area contributed by atoms with Crippen molar-refractivity contribution in [3.8, 4) is 0 Å². The molecule has 1 fully saturated rings. The van der Waals surface area contributed by atoms with E-state index in [-0.39, 0.29) is 11.8 Å². The summed E-state index contributed by atoms with van der Waals surface area (Å²) in [6.45, 7) is 4.54. The summed E-state index contributed by atoms with van der Waals surface area (Å²) < 4.78 is 6.40. The first kappa shape index (κ1) is 14.2. The molecule has 1 N–H and O–H groups in total. The number of Topliss-reactive ketones (excluding diaryl/α,β-unsaturated/α-hetero) is 1. The van der Waals surface area contributed by atoms with Crippen molar-refractivity contribution in [2.75, 3.05) is 39.4 Å². The van der Waals surface area contributed by atoms with Crippen LogP contribution in [0.1, 0.15) is 17.2 Å². The van der Waals surface area contributed by atoms with Gasteiger partial charge in [0.25, 0.3) is 0 Å². The van der Waals surface area contributed by atoms with Gasteiger partial charge in [-0.25, -0.2) is 0 Å². The number of nitrogens with zero attached hydrogens (tertiary/aromatic N) is 1. The number of nitrogens with one attached hydrogen (secondary N) is 1. The van der Waals surface area contributed by atoms with Crippen LogP contribution in [-0.4, -0.2) is 50.1 Å². The van der Waals surface area contributed by atoms with Crippen LogP contribution in [0.5, 0.6) is 0 Å². The van der Waals surface area contributed by atoms with Gasteiger partial charge in [0, 0.05) is 24.1 Å².